The predicted molar refractivity (Wildman–Crippen MR) is 265 cm³/mol. The minimum atomic E-state index is -1.34. The van der Waals surface area contributed by atoms with Gasteiger partial charge < -0.3 is 29.6 Å². The number of hydrogen-bond acceptors (Lipinski definition) is 10. The van der Waals surface area contributed by atoms with Gasteiger partial charge in [-0.25, -0.2) is 0 Å². The maximum absolute atomic E-state index is 12.9. The van der Waals surface area contributed by atoms with Crippen molar-refractivity contribution < 1.29 is 29.2 Å². The molecule has 6 aromatic rings. The fraction of sp³-hybridized carbons (Fsp3) is 0.280. The maximum atomic E-state index is 12.9. The highest BCUT2D eigenvalue weighted by Crippen LogP contribution is 2.31. The van der Waals surface area contributed by atoms with Gasteiger partial charge in [-0.3, -0.25) is 29.0 Å². The van der Waals surface area contributed by atoms with Gasteiger partial charge >= 0.3 is 7.12 Å². The first-order chi connectivity index (χ1) is 32.1. The lowest BCUT2D eigenvalue weighted by Gasteiger charge is -2.48. The van der Waals surface area contributed by atoms with Crippen molar-refractivity contribution in [3.63, 3.8) is 0 Å². The van der Waals surface area contributed by atoms with Crippen LogP contribution in [0.3, 0.4) is 0 Å². The molecule has 0 saturated carbocycles. The van der Waals surface area contributed by atoms with Crippen LogP contribution in [0.2, 0.25) is 0 Å². The Morgan fingerprint density at radius 2 is 0.848 bits per heavy atom. The van der Waals surface area contributed by atoms with E-state index in [1.807, 2.05) is 129 Å². The highest BCUT2D eigenvalue weighted by Gasteiger charge is 2.39. The lowest BCUT2D eigenvalue weighted by Crippen LogP contribution is -2.64. The monoisotopic (exact) mass is 986 g/mol. The molecule has 12 nitrogen and oxygen atoms in total. The molecule has 4 amide bonds. The normalized spacial score (nSPS) is 16.8. The molecule has 2 aromatic heterocycles. The van der Waals surface area contributed by atoms with Gasteiger partial charge in [-0.15, -0.1) is 22.7 Å². The quantitative estimate of drug-likeness (QED) is 0.182. The van der Waals surface area contributed by atoms with E-state index < -0.39 is 7.12 Å². The van der Waals surface area contributed by atoms with Gasteiger partial charge in [0.25, 0.3) is 23.6 Å². The first-order valence-electron chi connectivity index (χ1n) is 22.2. The van der Waals surface area contributed by atoms with E-state index in [9.17, 15) is 19.2 Å². The molecule has 0 unspecified atom stereocenters. The van der Waals surface area contributed by atoms with Crippen LogP contribution in [0, 0.1) is 0 Å². The Morgan fingerprint density at radius 3 is 1.24 bits per heavy atom. The van der Waals surface area contributed by atoms with Crippen molar-refractivity contribution in [1.29, 1.82) is 0 Å². The van der Waals surface area contributed by atoms with E-state index in [2.05, 4.69) is 37.9 Å². The molecule has 0 aliphatic carbocycles. The van der Waals surface area contributed by atoms with Crippen LogP contribution in [0.25, 0.3) is 10.4 Å². The van der Waals surface area contributed by atoms with Crippen molar-refractivity contribution >= 4 is 74.8 Å². The van der Waals surface area contributed by atoms with Crippen LogP contribution in [0.4, 0.5) is 0 Å². The topological polar surface area (TPSA) is 128 Å². The van der Waals surface area contributed by atoms with E-state index in [0.29, 0.717) is 17.5 Å². The molecule has 6 heterocycles. The first kappa shape index (κ1) is 47.1. The number of halogens is 1. The van der Waals surface area contributed by atoms with Gasteiger partial charge in [-0.05, 0) is 75.5 Å². The summed E-state index contributed by atoms with van der Waals surface area (Å²) in [5.41, 5.74) is 3.18. The van der Waals surface area contributed by atoms with Gasteiger partial charge in [0.2, 0.25) is 0 Å². The first-order valence-corrected chi connectivity index (χ1v) is 24.6. The molecule has 66 heavy (non-hydrogen) atoms. The molecular weight excluding hydrogens is 935 g/mol. The zero-order valence-electron chi connectivity index (χ0n) is 36.5. The number of piperazine rings is 2. The van der Waals surface area contributed by atoms with Gasteiger partial charge in [0.1, 0.15) is 0 Å². The average molecular weight is 988 g/mol. The van der Waals surface area contributed by atoms with E-state index in [-0.39, 0.29) is 23.6 Å². The Morgan fingerprint density at radius 1 is 0.455 bits per heavy atom. The molecule has 0 radical (unpaired) electrons. The fourth-order valence-electron chi connectivity index (χ4n) is 8.39. The van der Waals surface area contributed by atoms with E-state index in [0.717, 1.165) is 114 Å². The summed E-state index contributed by atoms with van der Waals surface area (Å²) < 4.78 is 0.983. The Kier molecular flexibility index (Phi) is 15.9. The van der Waals surface area contributed by atoms with Gasteiger partial charge in [-0.2, -0.15) is 0 Å². The Bertz CT molecular complexity index is 2530. The van der Waals surface area contributed by atoms with Crippen molar-refractivity contribution in [3.05, 3.63) is 170 Å². The smallest absolute Gasteiger partial charge is 0.423 e. The van der Waals surface area contributed by atoms with Crippen molar-refractivity contribution in [1.82, 2.24) is 29.4 Å². The summed E-state index contributed by atoms with van der Waals surface area (Å²) in [7, 11) is -1.34. The molecular formula is C50H52BBrN6O6S2. The van der Waals surface area contributed by atoms with E-state index in [1.54, 1.807) is 35.6 Å². The van der Waals surface area contributed by atoms with E-state index >= 15 is 0 Å². The summed E-state index contributed by atoms with van der Waals surface area (Å²) in [6, 6.07) is 46.3. The zero-order valence-corrected chi connectivity index (χ0v) is 39.7. The molecule has 0 spiro atoms. The van der Waals surface area contributed by atoms with E-state index in [1.165, 1.54) is 11.3 Å². The highest BCUT2D eigenvalue weighted by atomic mass is 79.9. The predicted octanol–water partition coefficient (Wildman–Crippen LogP) is 5.86. The summed E-state index contributed by atoms with van der Waals surface area (Å²) in [6.07, 6.45) is 0. The number of carbonyl (C=O) groups is 4. The van der Waals surface area contributed by atoms with Gasteiger partial charge in [-0.1, -0.05) is 97.1 Å². The second kappa shape index (κ2) is 22.4. The van der Waals surface area contributed by atoms with Gasteiger partial charge in [0.15, 0.2) is 0 Å². The molecule has 4 aliphatic heterocycles. The summed E-state index contributed by atoms with van der Waals surface area (Å²) in [4.78, 5) is 65.6. The largest absolute Gasteiger partial charge is 0.488 e. The molecule has 4 aromatic carbocycles. The van der Waals surface area contributed by atoms with Crippen molar-refractivity contribution in [2.75, 3.05) is 78.5 Å². The Hall–Kier alpha value is -5.46. The third-order valence-electron chi connectivity index (χ3n) is 12.3. The molecule has 4 saturated heterocycles. The molecule has 0 bridgehead atoms. The standard InChI is InChI=1S/C25H25N3O2S.C19H20BrN3O2S.C6H7BO2/c29-24(20-9-5-2-6-10-20)27-15-13-26(14-16-27)21-17-28(18-21)25(30)23-12-11-22(31-23)19-7-3-1-4-8-19;20-17-7-6-16(26-17)19(25)23-12-15(13-23)21-8-10-22(11-9-21)18(24)14-4-2-1-3-5-14;8-7(9)6-4-2-1-3-5-6/h1-12,21H,13-18H2;1-7,15H,8-13H2;1-5,8-9H. The molecule has 0 atom stereocenters. The highest BCUT2D eigenvalue weighted by molar-refractivity contribution is 9.11. The summed E-state index contributed by atoms with van der Waals surface area (Å²) in [5, 5.41) is 17.2. The van der Waals surface area contributed by atoms with Crippen LogP contribution < -0.4 is 5.46 Å². The second-order valence-corrected chi connectivity index (χ2v) is 20.1. The number of likely N-dealkylation sites (tertiary alicyclic amines) is 2. The van der Waals surface area contributed by atoms with Crippen molar-refractivity contribution in [2.24, 2.45) is 0 Å². The van der Waals surface area contributed by atoms with Crippen molar-refractivity contribution in [2.45, 2.75) is 12.1 Å². The SMILES string of the molecule is O=C(c1ccccc1)N1CCN(C2CN(C(=O)c3ccc(-c4ccccc4)s3)C2)CC1.O=C(c1ccccc1)N1CCN(C2CN(C(=O)c3ccc(Br)s3)C2)CC1.OB(O)c1ccccc1. The minimum absolute atomic E-state index is 0.109. The Labute approximate surface area is 402 Å². The van der Waals surface area contributed by atoms with E-state index in [4.69, 9.17) is 10.0 Å². The summed E-state index contributed by atoms with van der Waals surface area (Å²) >= 11 is 6.45. The molecule has 4 fully saturated rings. The zero-order chi connectivity index (χ0) is 46.0. The van der Waals surface area contributed by atoms with Crippen LogP contribution in [0.1, 0.15) is 40.1 Å². The van der Waals surface area contributed by atoms with Crippen LogP contribution in [-0.2, 0) is 0 Å². The number of amides is 4. The summed E-state index contributed by atoms with van der Waals surface area (Å²) in [6.45, 7) is 9.53. The van der Waals surface area contributed by atoms with Crippen LogP contribution in [0.5, 0.6) is 0 Å². The van der Waals surface area contributed by atoms with Crippen LogP contribution in [-0.4, -0.2) is 161 Å². The van der Waals surface area contributed by atoms with Gasteiger partial charge in [0, 0.05) is 107 Å². The number of benzene rings is 4. The Balaban J connectivity index is 0.000000153. The number of nitrogens with zero attached hydrogens (tertiary/aromatic N) is 6. The molecule has 4 aliphatic rings. The summed E-state index contributed by atoms with van der Waals surface area (Å²) in [5.74, 6) is 0.465. The lowest BCUT2D eigenvalue weighted by atomic mass is 9.81. The molecule has 10 rings (SSSR count). The fourth-order valence-corrected chi connectivity index (χ4v) is 10.7. The number of rotatable bonds is 8. The lowest BCUT2D eigenvalue weighted by molar-refractivity contribution is 0.00832. The third-order valence-corrected chi connectivity index (χ3v) is 15.1. The average Bonchev–Trinajstić information content (AvgIpc) is 4.02. The van der Waals surface area contributed by atoms with Crippen LogP contribution in [0.15, 0.2) is 149 Å². The number of hydrogen-bond donors (Lipinski definition) is 2. The van der Waals surface area contributed by atoms with Crippen LogP contribution >= 0.6 is 38.6 Å². The third kappa shape index (κ3) is 11.7. The number of thiophene rings is 2. The number of carbonyl (C=O) groups excluding carboxylic acids is 4. The van der Waals surface area contributed by atoms with Crippen molar-refractivity contribution in [3.8, 4) is 10.4 Å². The maximum Gasteiger partial charge on any atom is 0.488 e. The molecule has 16 heteroatoms. The van der Waals surface area contributed by atoms with Gasteiger partial charge in [0.05, 0.1) is 13.5 Å². The minimum Gasteiger partial charge on any atom is -0.423 e. The molecule has 2 N–H and O–H groups in total. The molecule has 340 valence electrons. The second-order valence-electron chi connectivity index (χ2n) is 16.5.